The van der Waals surface area contributed by atoms with Gasteiger partial charge in [-0.15, -0.1) is 0 Å². The number of imidazole rings is 1. The Kier molecular flexibility index (Phi) is 7.37. The summed E-state index contributed by atoms with van der Waals surface area (Å²) >= 11 is 0. The molecule has 0 unspecified atom stereocenters. The number of alkyl halides is 3. The summed E-state index contributed by atoms with van der Waals surface area (Å²) in [4.78, 5) is 37.4. The van der Waals surface area contributed by atoms with E-state index in [9.17, 15) is 27.9 Å². The monoisotopic (exact) mass is 621 g/mol. The number of aryl methyl sites for hydroxylation is 3. The first kappa shape index (κ1) is 29.9. The zero-order valence-electron chi connectivity index (χ0n) is 25.0. The molecule has 14 heteroatoms. The molecule has 1 fully saturated rings. The number of fused-ring (bicyclic) bond motifs is 1. The van der Waals surface area contributed by atoms with E-state index >= 15 is 0 Å². The highest BCUT2D eigenvalue weighted by atomic mass is 19.4. The fourth-order valence-corrected chi connectivity index (χ4v) is 5.60. The van der Waals surface area contributed by atoms with Crippen molar-refractivity contribution in [3.05, 3.63) is 82.3 Å². The summed E-state index contributed by atoms with van der Waals surface area (Å²) in [6, 6.07) is 6.79. The molecule has 5 heterocycles. The molecule has 11 nitrogen and oxygen atoms in total. The van der Waals surface area contributed by atoms with Crippen LogP contribution in [0.2, 0.25) is 0 Å². The zero-order valence-corrected chi connectivity index (χ0v) is 25.0. The van der Waals surface area contributed by atoms with E-state index in [1.165, 1.54) is 25.2 Å². The van der Waals surface area contributed by atoms with Gasteiger partial charge in [0.1, 0.15) is 24.0 Å². The number of Topliss-reactive ketones (excluding diaryl/α,β-unsaturated/α-hetero) is 1. The Morgan fingerprint density at radius 3 is 2.56 bits per heavy atom. The van der Waals surface area contributed by atoms with Crippen molar-refractivity contribution >= 4 is 23.8 Å². The van der Waals surface area contributed by atoms with Crippen molar-refractivity contribution in [1.82, 2.24) is 29.2 Å². The summed E-state index contributed by atoms with van der Waals surface area (Å²) in [5.74, 6) is 1.04. The van der Waals surface area contributed by atoms with Gasteiger partial charge in [-0.25, -0.2) is 14.8 Å². The SMILES string of the molecule is Cc1cc(/C=C2\COc3c(cc(Cn4ccnc4C)cc3-c3cn(C)nc3C(F)(F)F)C2=O)nc(N2CC(N(C)C(=O)O)C2)c1. The lowest BCUT2D eigenvalue weighted by atomic mass is 9.91. The lowest BCUT2D eigenvalue weighted by molar-refractivity contribution is -0.141. The number of nitrogens with zero attached hydrogens (tertiary/aromatic N) is 7. The number of carbonyl (C=O) groups is 2. The van der Waals surface area contributed by atoms with Gasteiger partial charge in [-0.05, 0) is 55.3 Å². The predicted octanol–water partition coefficient (Wildman–Crippen LogP) is 4.82. The highest BCUT2D eigenvalue weighted by molar-refractivity contribution is 6.15. The van der Waals surface area contributed by atoms with E-state index in [0.717, 1.165) is 10.2 Å². The number of ether oxygens (including phenoxy) is 1. The van der Waals surface area contributed by atoms with E-state index in [-0.39, 0.29) is 47.4 Å². The zero-order chi connectivity index (χ0) is 32.2. The first-order chi connectivity index (χ1) is 21.3. The molecule has 0 atom stereocenters. The first-order valence-corrected chi connectivity index (χ1v) is 14.1. The van der Waals surface area contributed by atoms with Gasteiger partial charge in [0.25, 0.3) is 0 Å². The third kappa shape index (κ3) is 5.75. The van der Waals surface area contributed by atoms with Crippen LogP contribution in [0.4, 0.5) is 23.8 Å². The summed E-state index contributed by atoms with van der Waals surface area (Å²) in [6.07, 6.45) is 0.558. The van der Waals surface area contributed by atoms with Gasteiger partial charge in [0, 0.05) is 69.0 Å². The van der Waals surface area contributed by atoms with Gasteiger partial charge >= 0.3 is 12.3 Å². The summed E-state index contributed by atoms with van der Waals surface area (Å²) < 4.78 is 51.0. The number of halogens is 3. The number of aromatic nitrogens is 5. The smallest absolute Gasteiger partial charge is 0.435 e. The first-order valence-electron chi connectivity index (χ1n) is 14.1. The van der Waals surface area contributed by atoms with Crippen LogP contribution in [0, 0.1) is 13.8 Å². The maximum atomic E-state index is 14.0. The summed E-state index contributed by atoms with van der Waals surface area (Å²) in [6.45, 7) is 4.79. The second kappa shape index (κ2) is 11.1. The molecule has 6 rings (SSSR count). The molecule has 2 aliphatic rings. The van der Waals surface area contributed by atoms with Crippen LogP contribution in [0.1, 0.15) is 38.7 Å². The molecular formula is C31H30F3N7O4. The number of anilines is 1. The van der Waals surface area contributed by atoms with Gasteiger partial charge in [-0.2, -0.15) is 18.3 Å². The molecule has 0 spiro atoms. The van der Waals surface area contributed by atoms with Crippen molar-refractivity contribution in [1.29, 1.82) is 0 Å². The normalized spacial score (nSPS) is 16.0. The molecule has 0 saturated carbocycles. The Hall–Kier alpha value is -5.14. The average Bonchev–Trinajstić information content (AvgIpc) is 3.53. The highest BCUT2D eigenvalue weighted by Gasteiger charge is 2.39. The Bertz CT molecular complexity index is 1850. The van der Waals surface area contributed by atoms with Crippen molar-refractivity contribution in [3.8, 4) is 16.9 Å². The van der Waals surface area contributed by atoms with E-state index in [2.05, 4.69) is 10.1 Å². The van der Waals surface area contributed by atoms with E-state index < -0.39 is 18.0 Å². The van der Waals surface area contributed by atoms with Gasteiger partial charge in [0.15, 0.2) is 11.5 Å². The van der Waals surface area contributed by atoms with Crippen molar-refractivity contribution in [2.75, 3.05) is 31.6 Å². The largest absolute Gasteiger partial charge is 0.487 e. The molecule has 45 heavy (non-hydrogen) atoms. The number of benzene rings is 1. The second-order valence-corrected chi connectivity index (χ2v) is 11.4. The van der Waals surface area contributed by atoms with Crippen molar-refractivity contribution in [3.63, 3.8) is 0 Å². The van der Waals surface area contributed by atoms with Crippen LogP contribution in [-0.4, -0.2) is 79.0 Å². The van der Waals surface area contributed by atoms with Crippen LogP contribution in [0.15, 0.2) is 48.4 Å². The van der Waals surface area contributed by atoms with Crippen molar-refractivity contribution in [2.45, 2.75) is 32.6 Å². The van der Waals surface area contributed by atoms with Crippen molar-refractivity contribution < 1.29 is 32.6 Å². The minimum absolute atomic E-state index is 0.0637. The maximum absolute atomic E-state index is 14.0. The van der Waals surface area contributed by atoms with Crippen LogP contribution in [0.25, 0.3) is 17.2 Å². The van der Waals surface area contributed by atoms with Gasteiger partial charge in [-0.3, -0.25) is 9.48 Å². The van der Waals surface area contributed by atoms with Gasteiger partial charge in [0.05, 0.1) is 17.3 Å². The van der Waals surface area contributed by atoms with Crippen LogP contribution in [-0.2, 0) is 19.8 Å². The Morgan fingerprint density at radius 2 is 1.89 bits per heavy atom. The number of hydrogen-bond donors (Lipinski definition) is 1. The standard InChI is InChI=1S/C31H30F3N7O4/c1-17-7-21(36-26(8-17)41-13-22(14-41)39(4)30(43)44)11-20-16-45-28-23(25-15-38(3)37-29(25)31(32,33)34)9-19(10-24(28)27(20)42)12-40-6-5-35-18(40)2/h5-11,15,22H,12-14,16H2,1-4H3,(H,43,44)/b20-11+. The lowest BCUT2D eigenvalue weighted by Gasteiger charge is -2.43. The van der Waals surface area contributed by atoms with Crippen LogP contribution < -0.4 is 9.64 Å². The van der Waals surface area contributed by atoms with Crippen LogP contribution in [0.3, 0.4) is 0 Å². The highest BCUT2D eigenvalue weighted by Crippen LogP contribution is 2.44. The van der Waals surface area contributed by atoms with Gasteiger partial charge in [0.2, 0.25) is 0 Å². The summed E-state index contributed by atoms with van der Waals surface area (Å²) in [5, 5.41) is 12.9. The second-order valence-electron chi connectivity index (χ2n) is 11.4. The number of likely N-dealkylation sites (N-methyl/N-ethyl adjacent to an activating group) is 1. The molecule has 234 valence electrons. The van der Waals surface area contributed by atoms with Crippen LogP contribution in [0.5, 0.6) is 5.75 Å². The Morgan fingerprint density at radius 1 is 1.16 bits per heavy atom. The number of rotatable bonds is 6. The predicted molar refractivity (Wildman–Crippen MR) is 158 cm³/mol. The minimum atomic E-state index is -4.72. The molecule has 1 saturated heterocycles. The fraction of sp³-hybridized carbons (Fsp3) is 0.323. The number of carboxylic acid groups (broad SMARTS) is 1. The Labute approximate surface area is 256 Å². The van der Waals surface area contributed by atoms with E-state index in [1.807, 2.05) is 35.4 Å². The molecule has 1 amide bonds. The van der Waals surface area contributed by atoms with Gasteiger partial charge in [-0.1, -0.05) is 0 Å². The topological polar surface area (TPSA) is 119 Å². The molecule has 0 radical (unpaired) electrons. The molecule has 2 aliphatic heterocycles. The third-order valence-electron chi connectivity index (χ3n) is 8.05. The van der Waals surface area contributed by atoms with Crippen molar-refractivity contribution in [2.24, 2.45) is 7.05 Å². The number of pyridine rings is 1. The summed E-state index contributed by atoms with van der Waals surface area (Å²) in [7, 11) is 2.94. The van der Waals surface area contributed by atoms with Crippen LogP contribution >= 0.6 is 0 Å². The molecule has 1 aromatic carbocycles. The van der Waals surface area contributed by atoms with E-state index in [0.29, 0.717) is 41.6 Å². The quantitative estimate of drug-likeness (QED) is 0.305. The number of hydrogen-bond acceptors (Lipinski definition) is 7. The maximum Gasteiger partial charge on any atom is 0.435 e. The molecule has 0 bridgehead atoms. The third-order valence-corrected chi connectivity index (χ3v) is 8.05. The average molecular weight is 622 g/mol. The number of carbonyl (C=O) groups excluding carboxylic acids is 1. The molecule has 4 aromatic rings. The molecular weight excluding hydrogens is 591 g/mol. The molecule has 1 N–H and O–H groups in total. The molecule has 3 aromatic heterocycles. The Balaban J connectivity index is 1.38. The van der Waals surface area contributed by atoms with E-state index in [1.54, 1.807) is 30.6 Å². The number of amides is 1. The fourth-order valence-electron chi connectivity index (χ4n) is 5.60. The van der Waals surface area contributed by atoms with E-state index in [4.69, 9.17) is 9.72 Å². The minimum Gasteiger partial charge on any atom is -0.487 e. The number of ketones is 1. The van der Waals surface area contributed by atoms with Gasteiger partial charge < -0.3 is 24.2 Å². The lowest BCUT2D eigenvalue weighted by Crippen LogP contribution is -2.59. The summed E-state index contributed by atoms with van der Waals surface area (Å²) in [5.41, 5.74) is 1.30. The molecule has 0 aliphatic carbocycles.